The minimum absolute atomic E-state index is 0.0786. The van der Waals surface area contributed by atoms with Crippen LogP contribution in [0.1, 0.15) is 23.3 Å². The first-order chi connectivity index (χ1) is 11.6. The van der Waals surface area contributed by atoms with E-state index < -0.39 is 5.91 Å². The number of amides is 1. The molecule has 0 saturated carbocycles. The second-order valence-corrected chi connectivity index (χ2v) is 6.19. The molecular formula is C17H16Cl2N2O3. The van der Waals surface area contributed by atoms with Gasteiger partial charge in [-0.3, -0.25) is 4.79 Å². The van der Waals surface area contributed by atoms with Crippen LogP contribution >= 0.6 is 23.2 Å². The van der Waals surface area contributed by atoms with E-state index in [-0.39, 0.29) is 22.0 Å². The summed E-state index contributed by atoms with van der Waals surface area (Å²) in [4.78, 5) is 16.2. The van der Waals surface area contributed by atoms with Crippen molar-refractivity contribution in [2.45, 2.75) is 18.9 Å². The first-order valence-electron chi connectivity index (χ1n) is 7.60. The van der Waals surface area contributed by atoms with Crippen molar-refractivity contribution >= 4 is 34.8 Å². The number of carbonyl (C=O) groups excluding carboxylic acids is 1. The van der Waals surface area contributed by atoms with Crippen molar-refractivity contribution in [2.75, 3.05) is 18.5 Å². The maximum absolute atomic E-state index is 12.3. The van der Waals surface area contributed by atoms with Crippen LogP contribution in [0.4, 0.5) is 5.69 Å². The van der Waals surface area contributed by atoms with Crippen molar-refractivity contribution in [3.05, 3.63) is 52.3 Å². The monoisotopic (exact) mass is 366 g/mol. The fourth-order valence-corrected chi connectivity index (χ4v) is 2.74. The predicted molar refractivity (Wildman–Crippen MR) is 93.1 cm³/mol. The van der Waals surface area contributed by atoms with E-state index in [1.807, 2.05) is 6.07 Å². The van der Waals surface area contributed by atoms with Gasteiger partial charge in [0.2, 0.25) is 0 Å². The van der Waals surface area contributed by atoms with Crippen LogP contribution in [0, 0.1) is 0 Å². The Labute approximate surface area is 149 Å². The number of nitrogens with one attached hydrogen (secondary N) is 1. The summed E-state index contributed by atoms with van der Waals surface area (Å²) in [5, 5.41) is 3.18. The van der Waals surface area contributed by atoms with Crippen LogP contribution in [0.3, 0.4) is 0 Å². The average Bonchev–Trinajstić information content (AvgIpc) is 3.09. The molecule has 1 fully saturated rings. The van der Waals surface area contributed by atoms with Crippen LogP contribution in [-0.4, -0.2) is 30.2 Å². The fraction of sp³-hybridized carbons (Fsp3) is 0.294. The number of rotatable bonds is 5. The maximum Gasteiger partial charge on any atom is 0.275 e. The molecule has 7 heteroatoms. The minimum atomic E-state index is -0.432. The third kappa shape index (κ3) is 4.38. The molecule has 1 aliphatic rings. The molecule has 126 valence electrons. The molecule has 1 unspecified atom stereocenters. The molecule has 1 aromatic carbocycles. The van der Waals surface area contributed by atoms with Gasteiger partial charge in [0, 0.05) is 18.4 Å². The number of carbonyl (C=O) groups is 1. The Hall–Kier alpha value is -1.82. The summed E-state index contributed by atoms with van der Waals surface area (Å²) < 4.78 is 11.2. The Morgan fingerprint density at radius 3 is 3.00 bits per heavy atom. The van der Waals surface area contributed by atoms with Crippen molar-refractivity contribution in [1.29, 1.82) is 0 Å². The van der Waals surface area contributed by atoms with Gasteiger partial charge in [-0.15, -0.1) is 0 Å². The van der Waals surface area contributed by atoms with E-state index >= 15 is 0 Å². The second-order valence-electron chi connectivity index (χ2n) is 5.39. The third-order valence-electron chi connectivity index (χ3n) is 3.58. The summed E-state index contributed by atoms with van der Waals surface area (Å²) >= 11 is 11.8. The summed E-state index contributed by atoms with van der Waals surface area (Å²) in [5.74, 6) is 0.229. The Balaban J connectivity index is 1.65. The lowest BCUT2D eigenvalue weighted by Crippen LogP contribution is -2.17. The fourth-order valence-electron chi connectivity index (χ4n) is 2.40. The molecule has 1 aliphatic heterocycles. The van der Waals surface area contributed by atoms with Crippen LogP contribution < -0.4 is 10.1 Å². The van der Waals surface area contributed by atoms with E-state index in [1.165, 1.54) is 12.1 Å². The van der Waals surface area contributed by atoms with Crippen molar-refractivity contribution in [3.8, 4) is 5.75 Å². The van der Waals surface area contributed by atoms with Crippen molar-refractivity contribution in [3.63, 3.8) is 0 Å². The quantitative estimate of drug-likeness (QED) is 0.805. The zero-order valence-corrected chi connectivity index (χ0v) is 14.3. The number of aromatic nitrogens is 1. The first kappa shape index (κ1) is 17.0. The number of hydrogen-bond acceptors (Lipinski definition) is 4. The highest BCUT2D eigenvalue weighted by molar-refractivity contribution is 6.35. The minimum Gasteiger partial charge on any atom is -0.491 e. The van der Waals surface area contributed by atoms with Gasteiger partial charge in [-0.25, -0.2) is 4.98 Å². The second kappa shape index (κ2) is 7.83. The van der Waals surface area contributed by atoms with E-state index in [0.29, 0.717) is 18.0 Å². The highest BCUT2D eigenvalue weighted by Crippen LogP contribution is 2.22. The first-order valence-corrected chi connectivity index (χ1v) is 8.35. The molecule has 0 radical (unpaired) electrons. The lowest BCUT2D eigenvalue weighted by atomic mass is 10.2. The largest absolute Gasteiger partial charge is 0.491 e. The molecule has 1 atom stereocenters. The number of nitrogens with zero attached hydrogens (tertiary/aromatic N) is 1. The standard InChI is InChI=1S/C17H16Cl2N2O3/c18-14-6-7-15(19)21-16(14)17(22)20-11-3-1-4-12(9-11)24-10-13-5-2-8-23-13/h1,3-4,6-7,9,13H,2,5,8,10H2,(H,20,22). The predicted octanol–water partition coefficient (Wildman–Crippen LogP) is 4.20. The van der Waals surface area contributed by atoms with E-state index in [4.69, 9.17) is 32.7 Å². The van der Waals surface area contributed by atoms with Crippen LogP contribution in [0.25, 0.3) is 0 Å². The van der Waals surface area contributed by atoms with Gasteiger partial charge in [0.15, 0.2) is 0 Å². The molecule has 3 rings (SSSR count). The number of halogens is 2. The summed E-state index contributed by atoms with van der Waals surface area (Å²) in [5.41, 5.74) is 0.664. The Kier molecular flexibility index (Phi) is 5.56. The number of anilines is 1. The van der Waals surface area contributed by atoms with E-state index in [9.17, 15) is 4.79 Å². The average molecular weight is 367 g/mol. The number of ether oxygens (including phenoxy) is 2. The SMILES string of the molecule is O=C(Nc1cccc(OCC2CCCO2)c1)c1nc(Cl)ccc1Cl. The zero-order valence-electron chi connectivity index (χ0n) is 12.8. The summed E-state index contributed by atoms with van der Waals surface area (Å²) in [6, 6.07) is 10.2. The molecule has 0 aliphatic carbocycles. The summed E-state index contributed by atoms with van der Waals surface area (Å²) in [7, 11) is 0. The van der Waals surface area contributed by atoms with Crippen LogP contribution in [0.5, 0.6) is 5.75 Å². The van der Waals surface area contributed by atoms with Crippen molar-refractivity contribution in [1.82, 2.24) is 4.98 Å². The van der Waals surface area contributed by atoms with Gasteiger partial charge in [0.05, 0.1) is 11.1 Å². The number of pyridine rings is 1. The molecular weight excluding hydrogens is 351 g/mol. The molecule has 0 bridgehead atoms. The highest BCUT2D eigenvalue weighted by Gasteiger charge is 2.16. The molecule has 1 aromatic heterocycles. The maximum atomic E-state index is 12.3. The Morgan fingerprint density at radius 2 is 2.21 bits per heavy atom. The topological polar surface area (TPSA) is 60.5 Å². The molecule has 5 nitrogen and oxygen atoms in total. The molecule has 1 saturated heterocycles. The Morgan fingerprint density at radius 1 is 1.33 bits per heavy atom. The highest BCUT2D eigenvalue weighted by atomic mass is 35.5. The lowest BCUT2D eigenvalue weighted by Gasteiger charge is -2.12. The van der Waals surface area contributed by atoms with Gasteiger partial charge in [-0.1, -0.05) is 29.3 Å². The van der Waals surface area contributed by atoms with Gasteiger partial charge in [0.1, 0.15) is 23.2 Å². The molecule has 2 heterocycles. The van der Waals surface area contributed by atoms with Gasteiger partial charge < -0.3 is 14.8 Å². The lowest BCUT2D eigenvalue weighted by molar-refractivity contribution is 0.0680. The zero-order chi connectivity index (χ0) is 16.9. The van der Waals surface area contributed by atoms with Gasteiger partial charge in [-0.2, -0.15) is 0 Å². The smallest absolute Gasteiger partial charge is 0.275 e. The normalized spacial score (nSPS) is 16.8. The van der Waals surface area contributed by atoms with Crippen molar-refractivity contribution < 1.29 is 14.3 Å². The van der Waals surface area contributed by atoms with E-state index in [0.717, 1.165) is 19.4 Å². The number of hydrogen-bond donors (Lipinski definition) is 1. The Bertz CT molecular complexity index is 734. The van der Waals surface area contributed by atoms with Gasteiger partial charge >= 0.3 is 0 Å². The van der Waals surface area contributed by atoms with Crippen LogP contribution in [0.2, 0.25) is 10.2 Å². The van der Waals surface area contributed by atoms with Crippen molar-refractivity contribution in [2.24, 2.45) is 0 Å². The van der Waals surface area contributed by atoms with E-state index in [1.54, 1.807) is 18.2 Å². The van der Waals surface area contributed by atoms with Gasteiger partial charge in [-0.05, 0) is 37.1 Å². The van der Waals surface area contributed by atoms with Crippen LogP contribution in [0.15, 0.2) is 36.4 Å². The molecule has 0 spiro atoms. The molecule has 1 amide bonds. The third-order valence-corrected chi connectivity index (χ3v) is 4.09. The number of benzene rings is 1. The molecule has 1 N–H and O–H groups in total. The van der Waals surface area contributed by atoms with Crippen LogP contribution in [-0.2, 0) is 4.74 Å². The molecule has 24 heavy (non-hydrogen) atoms. The van der Waals surface area contributed by atoms with Gasteiger partial charge in [0.25, 0.3) is 5.91 Å². The summed E-state index contributed by atoms with van der Waals surface area (Å²) in [6.07, 6.45) is 2.21. The van der Waals surface area contributed by atoms with E-state index in [2.05, 4.69) is 10.3 Å². The molecule has 2 aromatic rings. The summed E-state index contributed by atoms with van der Waals surface area (Å²) in [6.45, 7) is 1.29.